The number of aliphatic carboxylic acids is 1. The number of benzene rings is 2. The van der Waals surface area contributed by atoms with Gasteiger partial charge in [0.15, 0.2) is 0 Å². The molecule has 2 N–H and O–H groups in total. The van der Waals surface area contributed by atoms with Gasteiger partial charge in [-0.15, -0.1) is 0 Å². The van der Waals surface area contributed by atoms with Crippen molar-refractivity contribution in [2.75, 3.05) is 18.6 Å². The van der Waals surface area contributed by atoms with Gasteiger partial charge in [-0.2, -0.15) is 0 Å². The Balaban J connectivity index is 1.82. The number of carbonyl (C=O) groups excluding carboxylic acids is 2. The van der Waals surface area contributed by atoms with Gasteiger partial charge in [-0.1, -0.05) is 12.1 Å². The maximum atomic E-state index is 12.9. The summed E-state index contributed by atoms with van der Waals surface area (Å²) in [5.74, 6) is -0.767. The average molecular weight is 396 g/mol. The first kappa shape index (κ1) is 20.4. The maximum absolute atomic E-state index is 12.9. The Morgan fingerprint density at radius 1 is 1.21 bits per heavy atom. The molecule has 2 aromatic carbocycles. The molecule has 7 heteroatoms. The number of nitrogens with zero attached hydrogens (tertiary/aromatic N) is 1. The predicted octanol–water partition coefficient (Wildman–Crippen LogP) is 2.94. The minimum Gasteiger partial charge on any atom is -0.497 e. The van der Waals surface area contributed by atoms with Crippen LogP contribution in [0.5, 0.6) is 5.75 Å². The molecule has 1 heterocycles. The van der Waals surface area contributed by atoms with Gasteiger partial charge in [0.25, 0.3) is 5.91 Å². The van der Waals surface area contributed by atoms with Crippen LogP contribution >= 0.6 is 0 Å². The molecule has 1 fully saturated rings. The van der Waals surface area contributed by atoms with E-state index >= 15 is 0 Å². The van der Waals surface area contributed by atoms with E-state index < -0.39 is 17.4 Å². The standard InChI is InChI=1S/C22H24N2O5/c1-22(14-20(26)27,16-5-3-6-18(13-16)29-2)23-21(28)15-8-10-17(11-9-15)24-12-4-7-19(24)25/h3,5-6,8-11,13H,4,7,12,14H2,1-2H3,(H,23,28)(H,26,27). The third kappa shape index (κ3) is 4.56. The number of methoxy groups -OCH3 is 1. The molecule has 7 nitrogen and oxygen atoms in total. The number of carbonyl (C=O) groups is 3. The molecule has 0 spiro atoms. The molecule has 0 radical (unpaired) electrons. The van der Waals surface area contributed by atoms with E-state index in [4.69, 9.17) is 4.74 Å². The monoisotopic (exact) mass is 396 g/mol. The number of carboxylic acids is 1. The number of rotatable bonds is 7. The Bertz CT molecular complexity index is 925. The van der Waals surface area contributed by atoms with Gasteiger partial charge in [0.05, 0.1) is 19.1 Å². The Morgan fingerprint density at radius 3 is 2.52 bits per heavy atom. The average Bonchev–Trinajstić information content (AvgIpc) is 3.13. The lowest BCUT2D eigenvalue weighted by molar-refractivity contribution is -0.138. The second kappa shape index (κ2) is 8.34. The summed E-state index contributed by atoms with van der Waals surface area (Å²) >= 11 is 0. The van der Waals surface area contributed by atoms with Gasteiger partial charge in [-0.25, -0.2) is 0 Å². The first-order chi connectivity index (χ1) is 13.8. The van der Waals surface area contributed by atoms with E-state index in [1.54, 1.807) is 60.4 Å². The Morgan fingerprint density at radius 2 is 1.93 bits per heavy atom. The van der Waals surface area contributed by atoms with Crippen LogP contribution in [0.3, 0.4) is 0 Å². The molecule has 0 aliphatic carbocycles. The highest BCUT2D eigenvalue weighted by atomic mass is 16.5. The molecule has 1 saturated heterocycles. The maximum Gasteiger partial charge on any atom is 0.306 e. The summed E-state index contributed by atoms with van der Waals surface area (Å²) in [4.78, 5) is 37.9. The third-order valence-corrected chi connectivity index (χ3v) is 5.12. The van der Waals surface area contributed by atoms with Crippen LogP contribution in [-0.4, -0.2) is 36.5 Å². The molecule has 2 amide bonds. The summed E-state index contributed by atoms with van der Waals surface area (Å²) in [6, 6.07) is 13.7. The zero-order chi connectivity index (χ0) is 21.0. The van der Waals surface area contributed by atoms with E-state index in [0.717, 1.165) is 12.1 Å². The van der Waals surface area contributed by atoms with Gasteiger partial charge in [0, 0.05) is 24.2 Å². The van der Waals surface area contributed by atoms with Gasteiger partial charge < -0.3 is 20.1 Å². The highest BCUT2D eigenvalue weighted by molar-refractivity contribution is 5.98. The van der Waals surface area contributed by atoms with Crippen molar-refractivity contribution in [1.29, 1.82) is 0 Å². The lowest BCUT2D eigenvalue weighted by Gasteiger charge is -2.30. The van der Waals surface area contributed by atoms with Crippen molar-refractivity contribution in [3.63, 3.8) is 0 Å². The summed E-state index contributed by atoms with van der Waals surface area (Å²) in [5.41, 5.74) is 0.651. The second-order valence-corrected chi connectivity index (χ2v) is 7.28. The second-order valence-electron chi connectivity index (χ2n) is 7.28. The van der Waals surface area contributed by atoms with Crippen LogP contribution in [0.25, 0.3) is 0 Å². The smallest absolute Gasteiger partial charge is 0.306 e. The van der Waals surface area contributed by atoms with E-state index in [1.165, 1.54) is 7.11 Å². The van der Waals surface area contributed by atoms with E-state index in [2.05, 4.69) is 5.32 Å². The van der Waals surface area contributed by atoms with Gasteiger partial charge in [0.1, 0.15) is 5.75 Å². The highest BCUT2D eigenvalue weighted by Crippen LogP contribution is 2.29. The van der Waals surface area contributed by atoms with Crippen molar-refractivity contribution < 1.29 is 24.2 Å². The lowest BCUT2D eigenvalue weighted by atomic mass is 9.88. The Kier molecular flexibility index (Phi) is 5.87. The molecule has 0 bridgehead atoms. The minimum absolute atomic E-state index is 0.0780. The van der Waals surface area contributed by atoms with Crippen LogP contribution in [0.1, 0.15) is 42.1 Å². The molecular formula is C22H24N2O5. The topological polar surface area (TPSA) is 95.9 Å². The largest absolute Gasteiger partial charge is 0.497 e. The molecule has 3 rings (SSSR count). The molecule has 0 aromatic heterocycles. The molecule has 2 aromatic rings. The molecule has 29 heavy (non-hydrogen) atoms. The number of amides is 2. The lowest BCUT2D eigenvalue weighted by Crippen LogP contribution is -2.45. The van der Waals surface area contributed by atoms with E-state index in [9.17, 15) is 19.5 Å². The zero-order valence-electron chi connectivity index (χ0n) is 16.5. The van der Waals surface area contributed by atoms with Crippen molar-refractivity contribution in [2.24, 2.45) is 0 Å². The fourth-order valence-corrected chi connectivity index (χ4v) is 3.52. The minimum atomic E-state index is -1.12. The Hall–Kier alpha value is -3.35. The van der Waals surface area contributed by atoms with Crippen LogP contribution in [0.4, 0.5) is 5.69 Å². The summed E-state index contributed by atoms with van der Waals surface area (Å²) in [7, 11) is 1.53. The van der Waals surface area contributed by atoms with Gasteiger partial charge in [-0.3, -0.25) is 14.4 Å². The molecule has 1 unspecified atom stereocenters. The van der Waals surface area contributed by atoms with E-state index in [0.29, 0.717) is 29.8 Å². The van der Waals surface area contributed by atoms with Crippen molar-refractivity contribution >= 4 is 23.5 Å². The van der Waals surface area contributed by atoms with Crippen molar-refractivity contribution in [3.05, 3.63) is 59.7 Å². The molecule has 152 valence electrons. The van der Waals surface area contributed by atoms with Crippen LogP contribution in [0, 0.1) is 0 Å². The van der Waals surface area contributed by atoms with E-state index in [1.807, 2.05) is 0 Å². The van der Waals surface area contributed by atoms with Crippen molar-refractivity contribution in [2.45, 2.75) is 31.7 Å². The SMILES string of the molecule is COc1cccc(C(C)(CC(=O)O)NC(=O)c2ccc(N3CCCC3=O)cc2)c1. The molecule has 1 atom stereocenters. The van der Waals surface area contributed by atoms with Gasteiger partial charge in [-0.05, 0) is 55.3 Å². The van der Waals surface area contributed by atoms with Gasteiger partial charge >= 0.3 is 5.97 Å². The van der Waals surface area contributed by atoms with Crippen molar-refractivity contribution in [3.8, 4) is 5.75 Å². The first-order valence-electron chi connectivity index (χ1n) is 9.42. The summed E-state index contributed by atoms with van der Waals surface area (Å²) in [6.45, 7) is 2.35. The van der Waals surface area contributed by atoms with Crippen LogP contribution in [-0.2, 0) is 15.1 Å². The number of anilines is 1. The number of nitrogens with one attached hydrogen (secondary N) is 1. The summed E-state index contributed by atoms with van der Waals surface area (Å²) in [6.07, 6.45) is 1.08. The Labute approximate surface area is 169 Å². The number of carboxylic acid groups (broad SMARTS) is 1. The fraction of sp³-hybridized carbons (Fsp3) is 0.318. The van der Waals surface area contributed by atoms with Crippen LogP contribution in [0.15, 0.2) is 48.5 Å². The zero-order valence-corrected chi connectivity index (χ0v) is 16.5. The summed E-state index contributed by atoms with van der Waals surface area (Å²) in [5, 5.41) is 12.2. The highest BCUT2D eigenvalue weighted by Gasteiger charge is 2.32. The van der Waals surface area contributed by atoms with Crippen molar-refractivity contribution in [1.82, 2.24) is 5.32 Å². The third-order valence-electron chi connectivity index (χ3n) is 5.12. The van der Waals surface area contributed by atoms with Crippen LogP contribution in [0.2, 0.25) is 0 Å². The van der Waals surface area contributed by atoms with E-state index in [-0.39, 0.29) is 12.3 Å². The van der Waals surface area contributed by atoms with Gasteiger partial charge in [0.2, 0.25) is 5.91 Å². The fourth-order valence-electron chi connectivity index (χ4n) is 3.52. The quantitative estimate of drug-likeness (QED) is 0.750. The first-order valence-corrected chi connectivity index (χ1v) is 9.42. The predicted molar refractivity (Wildman–Crippen MR) is 108 cm³/mol. The number of hydrogen-bond acceptors (Lipinski definition) is 4. The molecular weight excluding hydrogens is 372 g/mol. The van der Waals surface area contributed by atoms with Crippen LogP contribution < -0.4 is 15.0 Å². The number of ether oxygens (including phenoxy) is 1. The molecule has 1 aliphatic heterocycles. The summed E-state index contributed by atoms with van der Waals surface area (Å²) < 4.78 is 5.22. The molecule has 1 aliphatic rings. The number of hydrogen-bond donors (Lipinski definition) is 2. The molecule has 0 saturated carbocycles. The normalized spacial score (nSPS) is 15.7.